The lowest BCUT2D eigenvalue weighted by molar-refractivity contribution is -0.140. The van der Waals surface area contributed by atoms with Crippen LogP contribution in [-0.4, -0.2) is 30.7 Å². The molecule has 0 saturated heterocycles. The fourth-order valence-electron chi connectivity index (χ4n) is 2.93. The number of carboxylic acids is 1. The normalized spacial score (nSPS) is 10.6. The lowest BCUT2D eigenvalue weighted by atomic mass is 10.1. The average molecular weight is 434 g/mol. The predicted molar refractivity (Wildman–Crippen MR) is 116 cm³/mol. The first-order valence-electron chi connectivity index (χ1n) is 9.96. The molecule has 0 spiro atoms. The van der Waals surface area contributed by atoms with Gasteiger partial charge in [-0.3, -0.25) is 9.59 Å². The molecule has 0 aromatic heterocycles. The highest BCUT2D eigenvalue weighted by Crippen LogP contribution is 2.22. The minimum Gasteiger partial charge on any atom is -0.489 e. The molecule has 0 fully saturated rings. The third kappa shape index (κ3) is 8.84. The Hall–Kier alpha value is -2.57. The zero-order valence-electron chi connectivity index (χ0n) is 17.2. The van der Waals surface area contributed by atoms with Crippen molar-refractivity contribution in [3.8, 4) is 5.75 Å². The van der Waals surface area contributed by atoms with Crippen LogP contribution >= 0.6 is 11.6 Å². The molecule has 30 heavy (non-hydrogen) atoms. The van der Waals surface area contributed by atoms with Crippen LogP contribution in [0.15, 0.2) is 42.5 Å². The van der Waals surface area contributed by atoms with E-state index in [2.05, 4.69) is 5.32 Å². The first kappa shape index (κ1) is 23.7. The van der Waals surface area contributed by atoms with Crippen molar-refractivity contribution in [2.24, 2.45) is 0 Å². The molecule has 2 N–H and O–H groups in total. The van der Waals surface area contributed by atoms with Gasteiger partial charge in [0.25, 0.3) is 0 Å². The highest BCUT2D eigenvalue weighted by Gasteiger charge is 2.09. The lowest BCUT2D eigenvalue weighted by Crippen LogP contribution is -2.16. The molecule has 6 nitrogen and oxygen atoms in total. The molecule has 0 unspecified atom stereocenters. The van der Waals surface area contributed by atoms with Crippen molar-refractivity contribution < 1.29 is 24.2 Å². The Morgan fingerprint density at radius 2 is 1.77 bits per heavy atom. The van der Waals surface area contributed by atoms with Gasteiger partial charge in [-0.2, -0.15) is 0 Å². The Bertz CT molecular complexity index is 823. The summed E-state index contributed by atoms with van der Waals surface area (Å²) in [6.07, 6.45) is 2.85. The molecule has 2 aromatic carbocycles. The second-order valence-corrected chi connectivity index (χ2v) is 7.43. The number of benzene rings is 2. The van der Waals surface area contributed by atoms with Crippen LogP contribution in [0.5, 0.6) is 5.75 Å². The van der Waals surface area contributed by atoms with Gasteiger partial charge in [-0.15, -0.1) is 0 Å². The van der Waals surface area contributed by atoms with Gasteiger partial charge in [-0.1, -0.05) is 42.3 Å². The van der Waals surface area contributed by atoms with E-state index in [-0.39, 0.29) is 18.8 Å². The van der Waals surface area contributed by atoms with Crippen LogP contribution in [0.25, 0.3) is 0 Å². The van der Waals surface area contributed by atoms with Crippen LogP contribution in [0.3, 0.4) is 0 Å². The number of aliphatic carboxylic acids is 1. The number of ether oxygens (including phenoxy) is 2. The summed E-state index contributed by atoms with van der Waals surface area (Å²) in [6.45, 7) is 1.77. The van der Waals surface area contributed by atoms with Crippen molar-refractivity contribution in [1.29, 1.82) is 0 Å². The number of nitrogens with one attached hydrogen (secondary N) is 1. The van der Waals surface area contributed by atoms with Crippen LogP contribution in [0.1, 0.15) is 42.4 Å². The second-order valence-electron chi connectivity index (χ2n) is 6.99. The van der Waals surface area contributed by atoms with Crippen LogP contribution in [-0.2, 0) is 33.9 Å². The molecule has 0 saturated carbocycles. The zero-order chi connectivity index (χ0) is 21.8. The van der Waals surface area contributed by atoms with E-state index in [1.165, 1.54) is 7.11 Å². The Morgan fingerprint density at radius 3 is 2.47 bits per heavy atom. The maximum Gasteiger partial charge on any atom is 0.309 e. The van der Waals surface area contributed by atoms with Crippen molar-refractivity contribution in [3.63, 3.8) is 0 Å². The van der Waals surface area contributed by atoms with Crippen LogP contribution in [0, 0.1) is 0 Å². The number of rotatable bonds is 13. The number of halogens is 1. The molecule has 2 rings (SSSR count). The van der Waals surface area contributed by atoms with Crippen molar-refractivity contribution in [3.05, 3.63) is 64.2 Å². The van der Waals surface area contributed by atoms with Crippen LogP contribution < -0.4 is 10.1 Å². The largest absolute Gasteiger partial charge is 0.489 e. The minimum absolute atomic E-state index is 0.205. The van der Waals surface area contributed by atoms with Gasteiger partial charge >= 0.3 is 11.9 Å². The van der Waals surface area contributed by atoms with E-state index in [4.69, 9.17) is 26.2 Å². The van der Waals surface area contributed by atoms with Gasteiger partial charge in [0, 0.05) is 23.6 Å². The highest BCUT2D eigenvalue weighted by molar-refractivity contribution is 6.30. The molecule has 0 atom stereocenters. The summed E-state index contributed by atoms with van der Waals surface area (Å²) in [5.41, 5.74) is 2.82. The topological polar surface area (TPSA) is 84.9 Å². The van der Waals surface area contributed by atoms with Gasteiger partial charge in [0.1, 0.15) is 12.4 Å². The van der Waals surface area contributed by atoms with Crippen LogP contribution in [0.4, 0.5) is 0 Å². The standard InChI is InChI=1S/C23H28ClNO5/c1-29-23(28)14-18-8-11-21(30-16-17-6-9-20(24)10-7-17)19(13-18)15-25-12-4-2-3-5-22(26)27/h6-11,13,25H,2-5,12,14-16H2,1H3,(H,26,27). The fourth-order valence-corrected chi connectivity index (χ4v) is 3.05. The Balaban J connectivity index is 1.95. The molecule has 0 heterocycles. The van der Waals surface area contributed by atoms with Crippen molar-refractivity contribution in [2.45, 2.75) is 45.3 Å². The first-order chi connectivity index (χ1) is 14.5. The summed E-state index contributed by atoms with van der Waals surface area (Å²) >= 11 is 5.93. The molecule has 0 aliphatic carbocycles. The average Bonchev–Trinajstić information content (AvgIpc) is 2.73. The summed E-state index contributed by atoms with van der Waals surface area (Å²) < 4.78 is 10.8. The Kier molecular flexibility index (Phi) is 10.2. The summed E-state index contributed by atoms with van der Waals surface area (Å²) in [5, 5.41) is 12.7. The van der Waals surface area contributed by atoms with E-state index < -0.39 is 5.97 Å². The third-order valence-corrected chi connectivity index (χ3v) is 4.82. The fraction of sp³-hybridized carbons (Fsp3) is 0.391. The summed E-state index contributed by atoms with van der Waals surface area (Å²) in [5.74, 6) is -0.299. The van der Waals surface area contributed by atoms with Crippen molar-refractivity contribution in [1.82, 2.24) is 5.32 Å². The van der Waals surface area contributed by atoms with E-state index >= 15 is 0 Å². The molecule has 0 amide bonds. The molecule has 2 aromatic rings. The predicted octanol–water partition coefficient (Wildman–Crippen LogP) is 4.37. The number of carbonyl (C=O) groups excluding carboxylic acids is 1. The summed E-state index contributed by atoms with van der Waals surface area (Å²) in [4.78, 5) is 22.2. The number of esters is 1. The number of methoxy groups -OCH3 is 1. The molecule has 0 aliphatic rings. The van der Waals surface area contributed by atoms with Gasteiger partial charge in [0.15, 0.2) is 0 Å². The molecule has 0 bridgehead atoms. The highest BCUT2D eigenvalue weighted by atomic mass is 35.5. The van der Waals surface area contributed by atoms with Gasteiger partial charge in [0.2, 0.25) is 0 Å². The van der Waals surface area contributed by atoms with Gasteiger partial charge in [0.05, 0.1) is 13.5 Å². The van der Waals surface area contributed by atoms with Gasteiger partial charge in [-0.25, -0.2) is 0 Å². The molecule has 162 valence electrons. The molecule has 0 radical (unpaired) electrons. The van der Waals surface area contributed by atoms with Crippen LogP contribution in [0.2, 0.25) is 5.02 Å². The van der Waals surface area contributed by atoms with Crippen molar-refractivity contribution >= 4 is 23.5 Å². The first-order valence-corrected chi connectivity index (χ1v) is 10.3. The quantitative estimate of drug-likeness (QED) is 0.360. The number of hydrogen-bond acceptors (Lipinski definition) is 5. The number of unbranched alkanes of at least 4 members (excludes halogenated alkanes) is 2. The maximum absolute atomic E-state index is 11.6. The molecule has 0 aliphatic heterocycles. The number of hydrogen-bond donors (Lipinski definition) is 2. The lowest BCUT2D eigenvalue weighted by Gasteiger charge is -2.14. The number of carboxylic acid groups (broad SMARTS) is 1. The van der Waals surface area contributed by atoms with Gasteiger partial charge in [-0.05, 0) is 48.7 Å². The Labute approximate surface area is 182 Å². The van der Waals surface area contributed by atoms with E-state index in [1.807, 2.05) is 42.5 Å². The number of carbonyl (C=O) groups is 2. The van der Waals surface area contributed by atoms with Gasteiger partial charge < -0.3 is 19.9 Å². The van der Waals surface area contributed by atoms with E-state index in [0.29, 0.717) is 24.6 Å². The molecular formula is C23H28ClNO5. The Morgan fingerprint density at radius 1 is 1.03 bits per heavy atom. The third-order valence-electron chi connectivity index (χ3n) is 4.57. The minimum atomic E-state index is -0.757. The van der Waals surface area contributed by atoms with E-state index in [9.17, 15) is 9.59 Å². The molecule has 7 heteroatoms. The molecular weight excluding hydrogens is 406 g/mol. The maximum atomic E-state index is 11.6. The summed E-state index contributed by atoms with van der Waals surface area (Å²) in [6, 6.07) is 13.2. The second kappa shape index (κ2) is 12.9. The zero-order valence-corrected chi connectivity index (χ0v) is 17.9. The van der Waals surface area contributed by atoms with E-state index in [0.717, 1.165) is 41.8 Å². The SMILES string of the molecule is COC(=O)Cc1ccc(OCc2ccc(Cl)cc2)c(CNCCCCCC(=O)O)c1. The van der Waals surface area contributed by atoms with E-state index in [1.54, 1.807) is 0 Å². The smallest absolute Gasteiger partial charge is 0.309 e. The monoisotopic (exact) mass is 433 g/mol. The summed E-state index contributed by atoms with van der Waals surface area (Å²) in [7, 11) is 1.37. The van der Waals surface area contributed by atoms with Crippen molar-refractivity contribution in [2.75, 3.05) is 13.7 Å².